The van der Waals surface area contributed by atoms with Crippen LogP contribution in [-0.4, -0.2) is 36.0 Å². The lowest BCUT2D eigenvalue weighted by molar-refractivity contribution is -0.160. The molecule has 8 nitrogen and oxygen atoms in total. The molecule has 0 fully saturated rings. The molecule has 2 atom stereocenters. The van der Waals surface area contributed by atoms with Crippen molar-refractivity contribution in [2.75, 3.05) is 0 Å². The van der Waals surface area contributed by atoms with Crippen molar-refractivity contribution in [3.8, 4) is 0 Å². The highest BCUT2D eigenvalue weighted by atomic mass is 16.6. The van der Waals surface area contributed by atoms with Gasteiger partial charge in [-0.25, -0.2) is 19.2 Å². The third kappa shape index (κ3) is 6.43. The molecule has 0 aliphatic rings. The van der Waals surface area contributed by atoms with Gasteiger partial charge in [-0.05, 0) is 20.8 Å². The quantitative estimate of drug-likeness (QED) is 0.368. The van der Waals surface area contributed by atoms with Gasteiger partial charge < -0.3 is 20.9 Å². The Bertz CT molecular complexity index is 425. The van der Waals surface area contributed by atoms with Crippen LogP contribution in [0.1, 0.15) is 20.8 Å². The second-order valence-corrected chi connectivity index (χ2v) is 3.85. The van der Waals surface area contributed by atoms with Crippen molar-refractivity contribution in [1.82, 2.24) is 0 Å². The van der Waals surface area contributed by atoms with Gasteiger partial charge in [-0.1, -0.05) is 0 Å². The molecule has 106 valence electrons. The van der Waals surface area contributed by atoms with Crippen LogP contribution in [0, 0.1) is 0 Å². The van der Waals surface area contributed by atoms with Crippen molar-refractivity contribution in [3.05, 3.63) is 11.6 Å². The van der Waals surface area contributed by atoms with Crippen LogP contribution in [0.4, 0.5) is 0 Å². The van der Waals surface area contributed by atoms with E-state index in [1.54, 1.807) is 0 Å². The Balaban J connectivity index is 4.55. The Labute approximate surface area is 109 Å². The first-order chi connectivity index (χ1) is 8.65. The molecule has 0 rings (SSSR count). The van der Waals surface area contributed by atoms with E-state index in [1.807, 2.05) is 0 Å². The van der Waals surface area contributed by atoms with Gasteiger partial charge in [-0.3, -0.25) is 0 Å². The molecule has 0 amide bonds. The summed E-state index contributed by atoms with van der Waals surface area (Å²) >= 11 is 0. The van der Waals surface area contributed by atoms with Gasteiger partial charge in [0.2, 0.25) is 0 Å². The first-order valence-corrected chi connectivity index (χ1v) is 5.36. The average Bonchev–Trinajstić information content (AvgIpc) is 2.27. The van der Waals surface area contributed by atoms with E-state index in [1.165, 1.54) is 20.8 Å². The minimum atomic E-state index is -1.08. The van der Waals surface area contributed by atoms with E-state index in [9.17, 15) is 19.2 Å². The van der Waals surface area contributed by atoms with Crippen molar-refractivity contribution in [2.45, 2.75) is 32.9 Å². The van der Waals surface area contributed by atoms with Crippen LogP contribution in [0.5, 0.6) is 0 Å². The fourth-order valence-electron chi connectivity index (χ4n) is 0.722. The lowest BCUT2D eigenvalue weighted by atomic mass is 10.3. The molecule has 0 radical (unpaired) electrons. The molecular formula is C11H16N2O6. The lowest BCUT2D eigenvalue weighted by Gasteiger charge is -2.05. The molecule has 0 aliphatic carbocycles. The minimum Gasteiger partial charge on any atom is -0.389 e. The Morgan fingerprint density at radius 3 is 1.79 bits per heavy atom. The number of hydrogen-bond donors (Lipinski definition) is 2. The summed E-state index contributed by atoms with van der Waals surface area (Å²) in [5, 5.41) is 0. The van der Waals surface area contributed by atoms with Crippen LogP contribution >= 0.6 is 0 Å². The average molecular weight is 272 g/mol. The zero-order chi connectivity index (χ0) is 15.2. The van der Waals surface area contributed by atoms with Crippen LogP contribution in [-0.2, 0) is 28.7 Å². The van der Waals surface area contributed by atoms with Gasteiger partial charge in [0.15, 0.2) is 0 Å². The fourth-order valence-corrected chi connectivity index (χ4v) is 0.722. The maximum absolute atomic E-state index is 11.3. The maximum atomic E-state index is 11.3. The molecule has 0 heterocycles. The molecule has 0 spiro atoms. The van der Waals surface area contributed by atoms with Crippen molar-refractivity contribution in [2.24, 2.45) is 11.5 Å². The SMILES string of the molecule is C/C(=C\C(=O)OC(=O)[C@H](C)N)C(=O)OC(=O)[C@H](C)N. The summed E-state index contributed by atoms with van der Waals surface area (Å²) in [6.45, 7) is 3.89. The van der Waals surface area contributed by atoms with Gasteiger partial charge in [0.1, 0.15) is 12.1 Å². The van der Waals surface area contributed by atoms with E-state index in [2.05, 4.69) is 9.47 Å². The third-order valence-electron chi connectivity index (χ3n) is 1.79. The number of esters is 4. The first-order valence-electron chi connectivity index (χ1n) is 5.36. The standard InChI is InChI=1S/C11H16N2O6/c1-5(9(15)19-11(17)7(3)13)4-8(14)18-10(16)6(2)12/h4,6-7H,12-13H2,1-3H3/b5-4+/t6-,7-/m0/s1. The molecule has 0 bridgehead atoms. The van der Waals surface area contributed by atoms with Crippen molar-refractivity contribution >= 4 is 23.9 Å². The van der Waals surface area contributed by atoms with E-state index < -0.39 is 36.0 Å². The Hall–Kier alpha value is -2.06. The second-order valence-electron chi connectivity index (χ2n) is 3.85. The monoisotopic (exact) mass is 272 g/mol. The predicted octanol–water partition coefficient (Wildman–Crippen LogP) is -1.23. The van der Waals surface area contributed by atoms with Crippen molar-refractivity contribution in [3.63, 3.8) is 0 Å². The smallest absolute Gasteiger partial charge is 0.341 e. The molecule has 0 aromatic heterocycles. The molecular weight excluding hydrogens is 256 g/mol. The zero-order valence-corrected chi connectivity index (χ0v) is 10.8. The molecule has 0 saturated carbocycles. The van der Waals surface area contributed by atoms with Crippen LogP contribution in [0.2, 0.25) is 0 Å². The summed E-state index contributed by atoms with van der Waals surface area (Å²) < 4.78 is 8.63. The van der Waals surface area contributed by atoms with Gasteiger partial charge in [0.25, 0.3) is 0 Å². The normalized spacial score (nSPS) is 14.3. The summed E-state index contributed by atoms with van der Waals surface area (Å²) in [5.41, 5.74) is 10.2. The molecule has 4 N–H and O–H groups in total. The number of carbonyl (C=O) groups excluding carboxylic acids is 4. The van der Waals surface area contributed by atoms with E-state index >= 15 is 0 Å². The van der Waals surface area contributed by atoms with Crippen LogP contribution in [0.15, 0.2) is 11.6 Å². The number of ether oxygens (including phenoxy) is 2. The van der Waals surface area contributed by atoms with E-state index in [4.69, 9.17) is 11.5 Å². The summed E-state index contributed by atoms with van der Waals surface area (Å²) in [7, 11) is 0. The summed E-state index contributed by atoms with van der Waals surface area (Å²) in [4.78, 5) is 44.5. The first kappa shape index (κ1) is 16.9. The Kier molecular flexibility index (Phi) is 6.59. The van der Waals surface area contributed by atoms with Gasteiger partial charge >= 0.3 is 23.9 Å². The zero-order valence-electron chi connectivity index (χ0n) is 10.8. The number of hydrogen-bond acceptors (Lipinski definition) is 8. The van der Waals surface area contributed by atoms with Crippen LogP contribution in [0.25, 0.3) is 0 Å². The van der Waals surface area contributed by atoms with Crippen molar-refractivity contribution in [1.29, 1.82) is 0 Å². The molecule has 19 heavy (non-hydrogen) atoms. The molecule has 0 aliphatic heterocycles. The molecule has 0 unspecified atom stereocenters. The van der Waals surface area contributed by atoms with Gasteiger partial charge in [0, 0.05) is 11.6 Å². The van der Waals surface area contributed by atoms with Crippen molar-refractivity contribution < 1.29 is 28.7 Å². The van der Waals surface area contributed by atoms with Crippen LogP contribution in [0.3, 0.4) is 0 Å². The third-order valence-corrected chi connectivity index (χ3v) is 1.79. The lowest BCUT2D eigenvalue weighted by Crippen LogP contribution is -2.31. The Morgan fingerprint density at radius 2 is 1.37 bits per heavy atom. The van der Waals surface area contributed by atoms with E-state index in [0.29, 0.717) is 0 Å². The highest BCUT2D eigenvalue weighted by Crippen LogP contribution is 2.00. The van der Waals surface area contributed by atoms with E-state index in [-0.39, 0.29) is 5.57 Å². The van der Waals surface area contributed by atoms with Gasteiger partial charge in [-0.2, -0.15) is 0 Å². The molecule has 0 aromatic rings. The van der Waals surface area contributed by atoms with E-state index in [0.717, 1.165) is 6.08 Å². The predicted molar refractivity (Wildman–Crippen MR) is 63.3 cm³/mol. The maximum Gasteiger partial charge on any atom is 0.341 e. The highest BCUT2D eigenvalue weighted by Gasteiger charge is 2.18. The topological polar surface area (TPSA) is 139 Å². The Morgan fingerprint density at radius 1 is 0.947 bits per heavy atom. The number of nitrogens with two attached hydrogens (primary N) is 2. The summed E-state index contributed by atoms with van der Waals surface area (Å²) in [5.74, 6) is -4.00. The van der Waals surface area contributed by atoms with Gasteiger partial charge in [-0.15, -0.1) is 0 Å². The molecule has 8 heteroatoms. The molecule has 0 aromatic carbocycles. The molecule has 0 saturated heterocycles. The highest BCUT2D eigenvalue weighted by molar-refractivity contribution is 6.02. The number of carbonyl (C=O) groups is 4. The summed E-state index contributed by atoms with van der Waals surface area (Å²) in [6.07, 6.45) is 0.719. The fraction of sp³-hybridized carbons (Fsp3) is 0.455. The number of rotatable bonds is 4. The second kappa shape index (κ2) is 7.39. The largest absolute Gasteiger partial charge is 0.389 e. The van der Waals surface area contributed by atoms with Gasteiger partial charge in [0.05, 0.1) is 0 Å². The minimum absolute atomic E-state index is 0.212. The van der Waals surface area contributed by atoms with Crippen LogP contribution < -0.4 is 11.5 Å². The summed E-state index contributed by atoms with van der Waals surface area (Å²) in [6, 6.07) is -1.94.